The van der Waals surface area contributed by atoms with Crippen LogP contribution < -0.4 is 44.7 Å². The molecule has 0 radical (unpaired) electrons. The van der Waals surface area contributed by atoms with Crippen LogP contribution in [0, 0.1) is 0 Å². The fraction of sp³-hybridized carbons (Fsp3) is 0.125. The molecule has 120 valence electrons. The van der Waals surface area contributed by atoms with E-state index in [-0.39, 0.29) is 40.5 Å². The van der Waals surface area contributed by atoms with Crippen LogP contribution in [0.1, 0.15) is 17.3 Å². The average Bonchev–Trinajstić information content (AvgIpc) is 2.52. The summed E-state index contributed by atoms with van der Waals surface area (Å²) in [5, 5.41) is 13.9. The van der Waals surface area contributed by atoms with E-state index < -0.39 is 12.1 Å². The van der Waals surface area contributed by atoms with E-state index in [0.717, 1.165) is 0 Å². The van der Waals surface area contributed by atoms with Crippen LogP contribution in [0.5, 0.6) is 5.75 Å². The average molecular weight is 376 g/mol. The number of hydrogen-bond acceptors (Lipinski definition) is 4. The Kier molecular flexibility index (Phi) is 8.06. The summed E-state index contributed by atoms with van der Waals surface area (Å²) in [4.78, 5) is 22.8. The molecule has 0 bridgehead atoms. The molecule has 2 rings (SSSR count). The molecule has 0 spiro atoms. The second-order valence-electron chi connectivity index (χ2n) is 4.66. The van der Waals surface area contributed by atoms with E-state index in [1.165, 1.54) is 31.2 Å². The second kappa shape index (κ2) is 9.30. The van der Waals surface area contributed by atoms with Crippen molar-refractivity contribution in [2.75, 3.05) is 5.32 Å². The fourth-order valence-electron chi connectivity index (χ4n) is 1.73. The Morgan fingerprint density at radius 1 is 1.12 bits per heavy atom. The Labute approximate surface area is 171 Å². The zero-order chi connectivity index (χ0) is 17.0. The molecule has 1 amide bonds. The first kappa shape index (κ1) is 20.8. The molecule has 2 aromatic carbocycles. The smallest absolute Gasteiger partial charge is 0.546 e. The molecule has 0 heterocycles. The molecule has 0 saturated heterocycles. The molecule has 0 aliphatic carbocycles. The molecule has 1 N–H and O–H groups in total. The summed E-state index contributed by atoms with van der Waals surface area (Å²) in [5.41, 5.74) is 0.754. The van der Waals surface area contributed by atoms with Crippen molar-refractivity contribution >= 4 is 40.8 Å². The Morgan fingerprint density at radius 3 is 2.33 bits per heavy atom. The van der Waals surface area contributed by atoms with Gasteiger partial charge in [-0.2, -0.15) is 0 Å². The predicted molar refractivity (Wildman–Crippen MR) is 86.0 cm³/mol. The van der Waals surface area contributed by atoms with E-state index in [1.54, 1.807) is 18.2 Å². The van der Waals surface area contributed by atoms with Crippen LogP contribution in [0.15, 0.2) is 42.5 Å². The molecule has 8 heteroatoms. The van der Waals surface area contributed by atoms with E-state index in [1.807, 2.05) is 0 Å². The molecular weight excluding hydrogens is 364 g/mol. The normalized spacial score (nSPS) is 11.1. The van der Waals surface area contributed by atoms with Crippen LogP contribution in [0.2, 0.25) is 10.0 Å². The zero-order valence-electron chi connectivity index (χ0n) is 13.0. The van der Waals surface area contributed by atoms with Crippen molar-refractivity contribution in [3.63, 3.8) is 0 Å². The number of carboxylic acids is 1. The van der Waals surface area contributed by atoms with Gasteiger partial charge in [0, 0.05) is 5.56 Å². The Morgan fingerprint density at radius 2 is 1.75 bits per heavy atom. The van der Waals surface area contributed by atoms with Gasteiger partial charge in [0.05, 0.1) is 21.7 Å². The van der Waals surface area contributed by atoms with Gasteiger partial charge in [-0.25, -0.2) is 0 Å². The standard InChI is InChI=1S/C16H13Cl2NO4.Na/c1-9(16(21)22)23-11-7-5-10(6-8-11)15(20)19-13-4-2-3-12(17)14(13)18;/h2-9H,1H3,(H,19,20)(H,21,22);/q;+1/p-1. The topological polar surface area (TPSA) is 78.5 Å². The first-order valence-electron chi connectivity index (χ1n) is 6.61. The minimum Gasteiger partial charge on any atom is -0.546 e. The third kappa shape index (κ3) is 5.40. The van der Waals surface area contributed by atoms with Crippen LogP contribution in [0.25, 0.3) is 0 Å². The number of ether oxygens (including phenoxy) is 1. The minimum absolute atomic E-state index is 0. The van der Waals surface area contributed by atoms with Crippen molar-refractivity contribution in [3.05, 3.63) is 58.1 Å². The first-order chi connectivity index (χ1) is 10.9. The molecular formula is C16H12Cl2NNaO4. The molecule has 5 nitrogen and oxygen atoms in total. The largest absolute Gasteiger partial charge is 1.00 e. The molecule has 0 aliphatic heterocycles. The number of amides is 1. The summed E-state index contributed by atoms with van der Waals surface area (Å²) >= 11 is 11.9. The van der Waals surface area contributed by atoms with E-state index in [0.29, 0.717) is 22.0 Å². The van der Waals surface area contributed by atoms with Gasteiger partial charge in [0.25, 0.3) is 5.91 Å². The van der Waals surface area contributed by atoms with Crippen molar-refractivity contribution in [1.82, 2.24) is 0 Å². The van der Waals surface area contributed by atoms with Crippen molar-refractivity contribution in [1.29, 1.82) is 0 Å². The second-order valence-corrected chi connectivity index (χ2v) is 5.44. The monoisotopic (exact) mass is 375 g/mol. The van der Waals surface area contributed by atoms with Gasteiger partial charge in [-0.15, -0.1) is 0 Å². The maximum Gasteiger partial charge on any atom is 1.00 e. The van der Waals surface area contributed by atoms with Crippen LogP contribution in [0.4, 0.5) is 5.69 Å². The van der Waals surface area contributed by atoms with Crippen LogP contribution in [-0.2, 0) is 4.79 Å². The minimum atomic E-state index is -1.32. The molecule has 0 aromatic heterocycles. The molecule has 24 heavy (non-hydrogen) atoms. The predicted octanol–water partition coefficient (Wildman–Crippen LogP) is -0.233. The maximum absolute atomic E-state index is 12.2. The molecule has 0 aliphatic rings. The van der Waals surface area contributed by atoms with Crippen LogP contribution in [-0.4, -0.2) is 18.0 Å². The van der Waals surface area contributed by atoms with Gasteiger partial charge in [0.1, 0.15) is 11.9 Å². The summed E-state index contributed by atoms with van der Waals surface area (Å²) in [6.45, 7) is 1.36. The van der Waals surface area contributed by atoms with Crippen molar-refractivity contribution in [2.24, 2.45) is 0 Å². The number of nitrogens with one attached hydrogen (secondary N) is 1. The quantitative estimate of drug-likeness (QED) is 0.732. The Bertz CT molecular complexity index is 737. The molecule has 2 aromatic rings. The van der Waals surface area contributed by atoms with Crippen molar-refractivity contribution in [3.8, 4) is 5.75 Å². The third-order valence-corrected chi connectivity index (χ3v) is 3.78. The van der Waals surface area contributed by atoms with Gasteiger partial charge in [0.2, 0.25) is 0 Å². The van der Waals surface area contributed by atoms with Gasteiger partial charge >= 0.3 is 29.6 Å². The van der Waals surface area contributed by atoms with Crippen LogP contribution >= 0.6 is 23.2 Å². The number of hydrogen-bond donors (Lipinski definition) is 1. The van der Waals surface area contributed by atoms with E-state index in [2.05, 4.69) is 5.32 Å². The molecule has 0 fully saturated rings. The number of benzene rings is 2. The molecule has 1 unspecified atom stereocenters. The molecule has 1 atom stereocenters. The van der Waals surface area contributed by atoms with Crippen molar-refractivity contribution < 1.29 is 49.0 Å². The first-order valence-corrected chi connectivity index (χ1v) is 7.37. The number of carboxylic acid groups (broad SMARTS) is 1. The SMILES string of the molecule is CC(Oc1ccc(C(=O)Nc2cccc(Cl)c2Cl)cc1)C(=O)[O-].[Na+]. The van der Waals surface area contributed by atoms with Crippen molar-refractivity contribution in [2.45, 2.75) is 13.0 Å². The summed E-state index contributed by atoms with van der Waals surface area (Å²) in [6.07, 6.45) is -1.08. The number of carbonyl (C=O) groups is 2. The summed E-state index contributed by atoms with van der Waals surface area (Å²) in [7, 11) is 0. The van der Waals surface area contributed by atoms with Gasteiger partial charge < -0.3 is 20.0 Å². The maximum atomic E-state index is 12.2. The number of rotatable bonds is 5. The summed E-state index contributed by atoms with van der Waals surface area (Å²) in [6, 6.07) is 10.9. The van der Waals surface area contributed by atoms with Gasteiger partial charge in [-0.3, -0.25) is 4.79 Å². The third-order valence-electron chi connectivity index (χ3n) is 2.96. The number of aliphatic carboxylic acids is 1. The van der Waals surface area contributed by atoms with Gasteiger partial charge in [0.15, 0.2) is 0 Å². The number of anilines is 1. The van der Waals surface area contributed by atoms with E-state index in [9.17, 15) is 14.7 Å². The van der Waals surface area contributed by atoms with E-state index >= 15 is 0 Å². The fourth-order valence-corrected chi connectivity index (χ4v) is 2.08. The molecule has 0 saturated carbocycles. The van der Waals surface area contributed by atoms with Crippen LogP contribution in [0.3, 0.4) is 0 Å². The Hall–Kier alpha value is -1.24. The van der Waals surface area contributed by atoms with Gasteiger partial charge in [-0.05, 0) is 43.3 Å². The zero-order valence-corrected chi connectivity index (χ0v) is 16.5. The summed E-state index contributed by atoms with van der Waals surface area (Å²) in [5.74, 6) is -1.38. The number of halogens is 2. The summed E-state index contributed by atoms with van der Waals surface area (Å²) < 4.78 is 5.13. The van der Waals surface area contributed by atoms with E-state index in [4.69, 9.17) is 27.9 Å². The van der Waals surface area contributed by atoms with Gasteiger partial charge in [-0.1, -0.05) is 29.3 Å². The Balaban J connectivity index is 0.00000288. The number of carbonyl (C=O) groups excluding carboxylic acids is 2.